The van der Waals surface area contributed by atoms with Crippen LogP contribution in [0, 0.1) is 0 Å². The number of nitrogens with zero attached hydrogens (tertiary/aromatic N) is 3. The van der Waals surface area contributed by atoms with Crippen LogP contribution in [0.5, 0.6) is 0 Å². The van der Waals surface area contributed by atoms with E-state index in [4.69, 9.17) is 29.2 Å². The van der Waals surface area contributed by atoms with Gasteiger partial charge in [0, 0.05) is 24.4 Å². The summed E-state index contributed by atoms with van der Waals surface area (Å²) < 4.78 is 28.2. The second kappa shape index (κ2) is 12.6. The molecule has 196 valence electrons. The van der Waals surface area contributed by atoms with Crippen molar-refractivity contribution in [3.05, 3.63) is 70.1 Å². The van der Waals surface area contributed by atoms with E-state index in [1.165, 1.54) is 6.92 Å². The Morgan fingerprint density at radius 1 is 1.03 bits per heavy atom. The van der Waals surface area contributed by atoms with Gasteiger partial charge in [-0.25, -0.2) is 4.79 Å². The Hall–Kier alpha value is -3.59. The smallest absolute Gasteiger partial charge is 0.463 e. The van der Waals surface area contributed by atoms with Crippen molar-refractivity contribution in [2.45, 2.75) is 57.0 Å². The summed E-state index contributed by atoms with van der Waals surface area (Å²) >= 11 is 0. The molecule has 0 N–H and O–H groups in total. The summed E-state index contributed by atoms with van der Waals surface area (Å²) in [5.74, 6) is -0.629. The van der Waals surface area contributed by atoms with Crippen molar-refractivity contribution >= 4 is 12.1 Å². The van der Waals surface area contributed by atoms with E-state index in [1.54, 1.807) is 0 Å². The minimum Gasteiger partial charge on any atom is -0.463 e. The average Bonchev–Trinajstić information content (AvgIpc) is 3.22. The zero-order chi connectivity index (χ0) is 26.2. The van der Waals surface area contributed by atoms with Crippen LogP contribution >= 0.6 is 0 Å². The zero-order valence-electron chi connectivity index (χ0n) is 20.9. The molecule has 1 aliphatic carbocycles. The van der Waals surface area contributed by atoms with Gasteiger partial charge in [0.1, 0.15) is 25.4 Å². The van der Waals surface area contributed by atoms with E-state index in [-0.39, 0.29) is 25.7 Å². The van der Waals surface area contributed by atoms with Gasteiger partial charge in [-0.3, -0.25) is 4.79 Å². The Kier molecular flexibility index (Phi) is 9.00. The lowest BCUT2D eigenvalue weighted by Crippen LogP contribution is -2.56. The third kappa shape index (κ3) is 6.22. The Balaban J connectivity index is 1.49. The van der Waals surface area contributed by atoms with Gasteiger partial charge in [0.15, 0.2) is 6.10 Å². The molecule has 10 heteroatoms. The third-order valence-electron chi connectivity index (χ3n) is 6.57. The molecular formula is C27H31N3O7. The van der Waals surface area contributed by atoms with Crippen LogP contribution in [-0.4, -0.2) is 62.9 Å². The highest BCUT2D eigenvalue weighted by Crippen LogP contribution is 2.44. The minimum absolute atomic E-state index is 0.0390. The number of ether oxygens (including phenoxy) is 5. The molecule has 1 heterocycles. The monoisotopic (exact) mass is 509 g/mol. The number of rotatable bonds is 10. The molecule has 0 bridgehead atoms. The van der Waals surface area contributed by atoms with Crippen molar-refractivity contribution in [1.29, 1.82) is 0 Å². The minimum atomic E-state index is -1.00. The highest BCUT2D eigenvalue weighted by atomic mass is 16.7. The van der Waals surface area contributed by atoms with E-state index in [2.05, 4.69) is 22.2 Å². The van der Waals surface area contributed by atoms with Crippen molar-refractivity contribution in [3.63, 3.8) is 0 Å². The predicted octanol–water partition coefficient (Wildman–Crippen LogP) is 5.15. The first-order chi connectivity index (χ1) is 18.0. The van der Waals surface area contributed by atoms with Gasteiger partial charge in [-0.1, -0.05) is 67.0 Å². The molecule has 4 atom stereocenters. The van der Waals surface area contributed by atoms with Crippen LogP contribution in [-0.2, 0) is 28.5 Å². The van der Waals surface area contributed by atoms with Gasteiger partial charge in [0.25, 0.3) is 0 Å². The molecule has 0 saturated carbocycles. The lowest BCUT2D eigenvalue weighted by atomic mass is 9.98. The normalized spacial score (nSPS) is 22.3. The van der Waals surface area contributed by atoms with Gasteiger partial charge in [-0.2, -0.15) is 0 Å². The van der Waals surface area contributed by atoms with Gasteiger partial charge in [0.2, 0.25) is 0 Å². The SMILES string of the molecule is CCCCO[C@@H]1C(N=[N+]=[N-])COC(COC(C)=O)[C@H]1OC(=O)OCC1c2ccccc2-c2ccccc21. The summed E-state index contributed by atoms with van der Waals surface area (Å²) in [7, 11) is 0. The fourth-order valence-electron chi connectivity index (χ4n) is 4.80. The van der Waals surface area contributed by atoms with E-state index < -0.39 is 36.5 Å². The lowest BCUT2D eigenvalue weighted by molar-refractivity contribution is -0.188. The first kappa shape index (κ1) is 26.5. The zero-order valence-corrected chi connectivity index (χ0v) is 20.9. The van der Waals surface area contributed by atoms with Gasteiger partial charge < -0.3 is 23.7 Å². The van der Waals surface area contributed by atoms with Crippen molar-refractivity contribution in [2.75, 3.05) is 26.4 Å². The molecule has 2 aromatic rings. The maximum atomic E-state index is 12.9. The summed E-state index contributed by atoms with van der Waals surface area (Å²) in [6, 6.07) is 15.3. The number of fused-ring (bicyclic) bond motifs is 3. The summed E-state index contributed by atoms with van der Waals surface area (Å²) in [6.07, 6.45) is -1.83. The molecule has 10 nitrogen and oxygen atoms in total. The average molecular weight is 510 g/mol. The quantitative estimate of drug-likeness (QED) is 0.142. The van der Waals surface area contributed by atoms with Crippen LogP contribution in [0.4, 0.5) is 4.79 Å². The van der Waals surface area contributed by atoms with Crippen LogP contribution in [0.2, 0.25) is 0 Å². The van der Waals surface area contributed by atoms with E-state index >= 15 is 0 Å². The standard InChI is InChI=1S/C27H31N3O7/c1-3-4-13-33-25-23(29-30-28)15-35-24(16-34-17(2)31)26(25)37-27(32)36-14-22-20-11-7-5-9-18(20)19-10-6-8-12-21(19)22/h5-12,22-26H,3-4,13-16H2,1-2H3/t23?,24?,25-,26-/m1/s1. The summed E-state index contributed by atoms with van der Waals surface area (Å²) in [5, 5.41) is 3.78. The van der Waals surface area contributed by atoms with Crippen LogP contribution in [0.25, 0.3) is 21.6 Å². The van der Waals surface area contributed by atoms with Crippen LogP contribution in [0.3, 0.4) is 0 Å². The Bertz CT molecular complexity index is 1100. The highest BCUT2D eigenvalue weighted by molar-refractivity contribution is 5.79. The molecule has 0 radical (unpaired) electrons. The molecule has 2 aromatic carbocycles. The van der Waals surface area contributed by atoms with Gasteiger partial charge in [-0.05, 0) is 34.2 Å². The van der Waals surface area contributed by atoms with E-state index in [0.717, 1.165) is 35.1 Å². The molecule has 2 unspecified atom stereocenters. The second-order valence-electron chi connectivity index (χ2n) is 9.01. The highest BCUT2D eigenvalue weighted by Gasteiger charge is 2.44. The number of hydrogen-bond donors (Lipinski definition) is 0. The number of benzene rings is 2. The van der Waals surface area contributed by atoms with E-state index in [9.17, 15) is 9.59 Å². The molecule has 0 aromatic heterocycles. The third-order valence-corrected chi connectivity index (χ3v) is 6.57. The van der Waals surface area contributed by atoms with E-state index in [0.29, 0.717) is 6.61 Å². The molecule has 2 aliphatic rings. The summed E-state index contributed by atoms with van der Waals surface area (Å²) in [6.45, 7) is 3.65. The maximum absolute atomic E-state index is 12.9. The van der Waals surface area contributed by atoms with Crippen LogP contribution in [0.15, 0.2) is 53.6 Å². The molecule has 37 heavy (non-hydrogen) atoms. The van der Waals surface area contributed by atoms with Crippen molar-refractivity contribution in [3.8, 4) is 11.1 Å². The van der Waals surface area contributed by atoms with Crippen molar-refractivity contribution in [1.82, 2.24) is 0 Å². The first-order valence-corrected chi connectivity index (χ1v) is 12.5. The molecule has 0 amide bonds. The second-order valence-corrected chi connectivity index (χ2v) is 9.01. The van der Waals surface area contributed by atoms with Crippen LogP contribution in [0.1, 0.15) is 43.7 Å². The molecule has 1 saturated heterocycles. The Morgan fingerprint density at radius 2 is 1.70 bits per heavy atom. The number of hydrogen-bond acceptors (Lipinski definition) is 8. The summed E-state index contributed by atoms with van der Waals surface area (Å²) in [4.78, 5) is 27.3. The summed E-state index contributed by atoms with van der Waals surface area (Å²) in [5.41, 5.74) is 13.4. The Labute approximate surface area is 215 Å². The lowest BCUT2D eigenvalue weighted by Gasteiger charge is -2.39. The molecule has 0 spiro atoms. The largest absolute Gasteiger partial charge is 0.508 e. The van der Waals surface area contributed by atoms with Gasteiger partial charge in [-0.15, -0.1) is 0 Å². The molecule has 1 fully saturated rings. The van der Waals surface area contributed by atoms with Crippen LogP contribution < -0.4 is 0 Å². The molecule has 1 aliphatic heterocycles. The number of azide groups is 1. The predicted molar refractivity (Wildman–Crippen MR) is 134 cm³/mol. The molecular weight excluding hydrogens is 478 g/mol. The number of esters is 1. The number of unbranched alkanes of at least 4 members (excludes halogenated alkanes) is 1. The van der Waals surface area contributed by atoms with E-state index in [1.807, 2.05) is 43.3 Å². The van der Waals surface area contributed by atoms with Gasteiger partial charge in [0.05, 0.1) is 12.6 Å². The first-order valence-electron chi connectivity index (χ1n) is 12.5. The topological polar surface area (TPSA) is 129 Å². The Morgan fingerprint density at radius 3 is 2.32 bits per heavy atom. The fraction of sp³-hybridized carbons (Fsp3) is 0.481. The van der Waals surface area contributed by atoms with Gasteiger partial charge >= 0.3 is 12.1 Å². The fourth-order valence-corrected chi connectivity index (χ4v) is 4.80. The molecule has 4 rings (SSSR count). The number of carbonyl (C=O) groups excluding carboxylic acids is 2. The van der Waals surface area contributed by atoms with Crippen molar-refractivity contribution < 1.29 is 33.3 Å². The van der Waals surface area contributed by atoms with Crippen molar-refractivity contribution in [2.24, 2.45) is 5.11 Å². The number of carbonyl (C=O) groups is 2. The maximum Gasteiger partial charge on any atom is 0.508 e.